The minimum atomic E-state index is -0.983. The molecule has 0 unspecified atom stereocenters. The van der Waals surface area contributed by atoms with Crippen molar-refractivity contribution in [3.63, 3.8) is 0 Å². The van der Waals surface area contributed by atoms with Crippen molar-refractivity contribution in [2.75, 3.05) is 6.54 Å². The summed E-state index contributed by atoms with van der Waals surface area (Å²) in [6, 6.07) is 5.67. The number of nitrogens with zero attached hydrogens (tertiary/aromatic N) is 6. The molecule has 1 amide bonds. The summed E-state index contributed by atoms with van der Waals surface area (Å²) in [6.07, 6.45) is 4.43. The second kappa shape index (κ2) is 11.5. The number of pyridine rings is 1. The lowest BCUT2D eigenvalue weighted by Gasteiger charge is -2.31. The highest BCUT2D eigenvalue weighted by atomic mass is 32.1. The van der Waals surface area contributed by atoms with Crippen LogP contribution < -0.4 is 4.74 Å². The van der Waals surface area contributed by atoms with E-state index in [1.54, 1.807) is 43.5 Å². The van der Waals surface area contributed by atoms with Crippen molar-refractivity contribution in [2.24, 2.45) is 0 Å². The second-order valence-corrected chi connectivity index (χ2v) is 13.2. The summed E-state index contributed by atoms with van der Waals surface area (Å²) in [5, 5.41) is 22.4. The van der Waals surface area contributed by atoms with Crippen molar-refractivity contribution in [3.8, 4) is 39.5 Å². The molecule has 0 aliphatic carbocycles. The first-order valence-corrected chi connectivity index (χ1v) is 15.5. The van der Waals surface area contributed by atoms with E-state index in [2.05, 4.69) is 11.7 Å². The Bertz CT molecular complexity index is 1940. The maximum atomic E-state index is 16.0. The summed E-state index contributed by atoms with van der Waals surface area (Å²) >= 11 is 1.40. The molecule has 0 bridgehead atoms. The Morgan fingerprint density at radius 2 is 2.02 bits per heavy atom. The molecule has 9 nitrogen and oxygen atoms in total. The van der Waals surface area contributed by atoms with Gasteiger partial charge in [-0.05, 0) is 58.2 Å². The van der Waals surface area contributed by atoms with E-state index in [-0.39, 0.29) is 35.9 Å². The first kappa shape index (κ1) is 30.6. The third-order valence-corrected chi connectivity index (χ3v) is 8.42. The summed E-state index contributed by atoms with van der Waals surface area (Å²) in [5.74, 6) is -1.65. The zero-order chi connectivity index (χ0) is 32.2. The number of carbonyl (C=O) groups excluding carboxylic acids is 1. The number of aromatic nitrogens is 5. The van der Waals surface area contributed by atoms with E-state index >= 15 is 4.39 Å². The highest BCUT2D eigenvalue weighted by Gasteiger charge is 2.30. The summed E-state index contributed by atoms with van der Waals surface area (Å²) in [7, 11) is 0. The summed E-state index contributed by atoms with van der Waals surface area (Å²) < 4.78 is 40.7. The van der Waals surface area contributed by atoms with E-state index in [1.165, 1.54) is 23.5 Å². The number of hydrogen-bond acceptors (Lipinski definition) is 7. The SMILES string of the molecule is C=CC(=O)N1Cc2cc(-c3nc(-c4cnn(CC(C)(C)O)c4)c4ccsc4c3-c3c(F)cc(F)cc3OC(C)C)nn2[C@@H](C)C1. The topological polar surface area (TPSA) is 98.3 Å². The van der Waals surface area contributed by atoms with Crippen LogP contribution in [-0.2, 0) is 17.9 Å². The molecule has 0 saturated carbocycles. The number of hydrogen-bond donors (Lipinski definition) is 1. The summed E-state index contributed by atoms with van der Waals surface area (Å²) in [6.45, 7) is 13.6. The van der Waals surface area contributed by atoms with Crippen molar-refractivity contribution in [1.82, 2.24) is 29.4 Å². The first-order chi connectivity index (χ1) is 21.3. The number of fused-ring (bicyclic) bond motifs is 2. The zero-order valence-corrected chi connectivity index (χ0v) is 26.5. The molecule has 0 saturated heterocycles. The van der Waals surface area contributed by atoms with Gasteiger partial charge in [-0.15, -0.1) is 11.3 Å². The lowest BCUT2D eigenvalue weighted by atomic mass is 9.97. The maximum Gasteiger partial charge on any atom is 0.246 e. The molecule has 1 aliphatic rings. The van der Waals surface area contributed by atoms with Crippen molar-refractivity contribution in [3.05, 3.63) is 72.0 Å². The Labute approximate surface area is 263 Å². The highest BCUT2D eigenvalue weighted by molar-refractivity contribution is 7.18. The minimum Gasteiger partial charge on any atom is -0.490 e. The van der Waals surface area contributed by atoms with E-state index in [0.29, 0.717) is 46.0 Å². The van der Waals surface area contributed by atoms with Crippen LogP contribution >= 0.6 is 11.3 Å². The van der Waals surface area contributed by atoms with Gasteiger partial charge in [0.1, 0.15) is 28.8 Å². The number of carbonyl (C=O) groups is 1. The van der Waals surface area contributed by atoms with Gasteiger partial charge in [0.2, 0.25) is 5.91 Å². The van der Waals surface area contributed by atoms with Crippen LogP contribution in [0.5, 0.6) is 5.75 Å². The van der Waals surface area contributed by atoms with Gasteiger partial charge >= 0.3 is 0 Å². The molecule has 1 aromatic carbocycles. The highest BCUT2D eigenvalue weighted by Crippen LogP contribution is 2.47. The van der Waals surface area contributed by atoms with Gasteiger partial charge < -0.3 is 14.7 Å². The molecule has 1 N–H and O–H groups in total. The van der Waals surface area contributed by atoms with Gasteiger partial charge in [0, 0.05) is 46.1 Å². The maximum absolute atomic E-state index is 16.0. The average Bonchev–Trinajstić information content (AvgIpc) is 3.71. The van der Waals surface area contributed by atoms with Crippen LogP contribution in [0.4, 0.5) is 8.78 Å². The van der Waals surface area contributed by atoms with Crippen molar-refractivity contribution in [1.29, 1.82) is 0 Å². The quantitative estimate of drug-likeness (QED) is 0.193. The number of benzene rings is 1. The predicted octanol–water partition coefficient (Wildman–Crippen LogP) is 6.62. The Kier molecular flexibility index (Phi) is 7.82. The fraction of sp³-hybridized carbons (Fsp3) is 0.333. The standard InChI is InChI=1S/C33H34F2N6O3S/c1-7-27(42)39-14-19(4)41-22(16-39)12-25(38-41)31-29(28-24(35)10-21(34)11-26(28)44-18(2)3)32-23(8-9-45-32)30(37-31)20-13-36-40(15-20)17-33(5,6)43/h7-13,15,18-19,43H,1,14,16-17H2,2-6H3/t19-/m0/s1. The normalized spacial score (nSPS) is 15.1. The third kappa shape index (κ3) is 5.87. The van der Waals surface area contributed by atoms with E-state index < -0.39 is 17.2 Å². The number of ether oxygens (including phenoxy) is 1. The molecule has 0 fully saturated rings. The summed E-state index contributed by atoms with van der Waals surface area (Å²) in [4.78, 5) is 19.3. The molecule has 0 spiro atoms. The Hall–Kier alpha value is -4.42. The van der Waals surface area contributed by atoms with E-state index in [9.17, 15) is 14.3 Å². The van der Waals surface area contributed by atoms with Gasteiger partial charge in [-0.1, -0.05) is 6.58 Å². The Morgan fingerprint density at radius 1 is 1.24 bits per heavy atom. The van der Waals surface area contributed by atoms with Gasteiger partial charge in [0.25, 0.3) is 0 Å². The number of rotatable bonds is 8. The molecule has 5 heterocycles. The van der Waals surface area contributed by atoms with Crippen LogP contribution in [0.25, 0.3) is 43.9 Å². The predicted molar refractivity (Wildman–Crippen MR) is 170 cm³/mol. The van der Waals surface area contributed by atoms with Crippen LogP contribution in [0.15, 0.2) is 54.7 Å². The van der Waals surface area contributed by atoms with Crippen LogP contribution in [0, 0.1) is 11.6 Å². The molecule has 45 heavy (non-hydrogen) atoms. The van der Waals surface area contributed by atoms with E-state index in [4.69, 9.17) is 14.8 Å². The van der Waals surface area contributed by atoms with E-state index in [0.717, 1.165) is 17.1 Å². The molecule has 234 valence electrons. The average molecular weight is 633 g/mol. The number of aliphatic hydroxyl groups is 1. The first-order valence-electron chi connectivity index (χ1n) is 14.7. The number of thiophene rings is 1. The fourth-order valence-corrected chi connectivity index (χ4v) is 6.72. The molecule has 0 radical (unpaired) electrons. The Balaban J connectivity index is 1.62. The lowest BCUT2D eigenvalue weighted by molar-refractivity contribution is -0.127. The van der Waals surface area contributed by atoms with Crippen molar-refractivity contribution < 1.29 is 23.4 Å². The van der Waals surface area contributed by atoms with E-state index in [1.807, 2.05) is 35.3 Å². The second-order valence-electron chi connectivity index (χ2n) is 12.3. The molecule has 6 rings (SSSR count). The van der Waals surface area contributed by atoms with Gasteiger partial charge in [0.15, 0.2) is 0 Å². The minimum absolute atomic E-state index is 0.0612. The Morgan fingerprint density at radius 3 is 2.73 bits per heavy atom. The molecule has 4 aromatic heterocycles. The monoisotopic (exact) mass is 632 g/mol. The molecule has 1 atom stereocenters. The van der Waals surface area contributed by atoms with Gasteiger partial charge in [0.05, 0.1) is 54.0 Å². The molecule has 12 heteroatoms. The van der Waals surface area contributed by atoms with Crippen LogP contribution in [0.1, 0.15) is 46.4 Å². The largest absolute Gasteiger partial charge is 0.490 e. The zero-order valence-electron chi connectivity index (χ0n) is 25.7. The number of amides is 1. The van der Waals surface area contributed by atoms with Gasteiger partial charge in [-0.25, -0.2) is 13.8 Å². The van der Waals surface area contributed by atoms with Crippen molar-refractivity contribution in [2.45, 2.75) is 65.5 Å². The third-order valence-electron chi connectivity index (χ3n) is 7.49. The lowest BCUT2D eigenvalue weighted by Crippen LogP contribution is -2.39. The molecular weight excluding hydrogens is 598 g/mol. The van der Waals surface area contributed by atoms with Crippen molar-refractivity contribution >= 4 is 27.3 Å². The van der Waals surface area contributed by atoms with Crippen LogP contribution in [0.2, 0.25) is 0 Å². The molecular formula is C33H34F2N6O3S. The summed E-state index contributed by atoms with van der Waals surface area (Å²) in [5.41, 5.74) is 2.48. The van der Waals surface area contributed by atoms with Crippen LogP contribution in [-0.4, -0.2) is 58.7 Å². The van der Waals surface area contributed by atoms with Crippen LogP contribution in [0.3, 0.4) is 0 Å². The molecule has 1 aliphatic heterocycles. The fourth-order valence-electron chi connectivity index (χ4n) is 5.77. The number of halogens is 2. The smallest absolute Gasteiger partial charge is 0.246 e. The van der Waals surface area contributed by atoms with Gasteiger partial charge in [-0.2, -0.15) is 10.2 Å². The van der Waals surface area contributed by atoms with Gasteiger partial charge in [-0.3, -0.25) is 14.2 Å². The molecule has 5 aromatic rings.